The van der Waals surface area contributed by atoms with Crippen LogP contribution in [-0.4, -0.2) is 16.4 Å². The first-order chi connectivity index (χ1) is 6.31. The number of carbonyl (C=O) groups is 1. The summed E-state index contributed by atoms with van der Waals surface area (Å²) in [5, 5.41) is 10.0. The van der Waals surface area contributed by atoms with E-state index in [-0.39, 0.29) is 5.75 Å². The molecule has 1 aromatic carbocycles. The Morgan fingerprint density at radius 2 is 2.23 bits per heavy atom. The number of phenols is 1. The fourth-order valence-corrected chi connectivity index (χ4v) is 1.21. The highest BCUT2D eigenvalue weighted by molar-refractivity contribution is 5.89. The second-order valence-corrected chi connectivity index (χ2v) is 2.73. The zero-order valence-corrected chi connectivity index (χ0v) is 6.77. The van der Waals surface area contributed by atoms with Gasteiger partial charge in [0.25, 0.3) is 0 Å². The van der Waals surface area contributed by atoms with Crippen LogP contribution in [0.1, 0.15) is 10.4 Å². The van der Waals surface area contributed by atoms with Crippen LogP contribution in [0.15, 0.2) is 30.5 Å². The van der Waals surface area contributed by atoms with E-state index in [1.807, 2.05) is 0 Å². The van der Waals surface area contributed by atoms with Crippen molar-refractivity contribution >= 4 is 17.2 Å². The molecule has 1 heterocycles. The van der Waals surface area contributed by atoms with Gasteiger partial charge in [-0.3, -0.25) is 9.78 Å². The summed E-state index contributed by atoms with van der Waals surface area (Å²) in [6.07, 6.45) is 2.19. The number of pyridine rings is 1. The molecular formula is C10H7NO2. The number of nitrogens with zero attached hydrogens (tertiary/aromatic N) is 1. The van der Waals surface area contributed by atoms with Crippen LogP contribution in [0.4, 0.5) is 0 Å². The molecule has 0 fully saturated rings. The minimum atomic E-state index is 0.147. The highest BCUT2D eigenvalue weighted by Crippen LogP contribution is 2.22. The first kappa shape index (κ1) is 7.73. The number of carbonyl (C=O) groups excluding carboxylic acids is 1. The SMILES string of the molecule is O=Cc1cnc2cccc(O)c2c1. The first-order valence-electron chi connectivity index (χ1n) is 3.84. The minimum Gasteiger partial charge on any atom is -0.507 e. The number of phenolic OH excluding ortho intramolecular Hbond substituents is 1. The minimum absolute atomic E-state index is 0.147. The largest absolute Gasteiger partial charge is 0.507 e. The van der Waals surface area contributed by atoms with Crippen molar-refractivity contribution in [1.29, 1.82) is 0 Å². The number of aromatic nitrogens is 1. The molecule has 1 aromatic heterocycles. The van der Waals surface area contributed by atoms with E-state index in [0.29, 0.717) is 22.8 Å². The number of hydrogen-bond acceptors (Lipinski definition) is 3. The van der Waals surface area contributed by atoms with Crippen LogP contribution in [0.2, 0.25) is 0 Å². The Kier molecular flexibility index (Phi) is 1.70. The molecule has 3 heteroatoms. The maximum absolute atomic E-state index is 10.4. The van der Waals surface area contributed by atoms with Gasteiger partial charge in [-0.1, -0.05) is 6.07 Å². The Balaban J connectivity index is 2.81. The van der Waals surface area contributed by atoms with Crippen molar-refractivity contribution in [2.24, 2.45) is 0 Å². The molecule has 0 amide bonds. The summed E-state index contributed by atoms with van der Waals surface area (Å²) in [5.74, 6) is 0.147. The summed E-state index contributed by atoms with van der Waals surface area (Å²) in [4.78, 5) is 14.5. The monoisotopic (exact) mass is 173 g/mol. The molecule has 0 aliphatic heterocycles. The van der Waals surface area contributed by atoms with Gasteiger partial charge in [-0.2, -0.15) is 0 Å². The van der Waals surface area contributed by atoms with Crippen molar-refractivity contribution in [3.63, 3.8) is 0 Å². The smallest absolute Gasteiger partial charge is 0.151 e. The average Bonchev–Trinajstić information content (AvgIpc) is 2.18. The lowest BCUT2D eigenvalue weighted by atomic mass is 10.1. The van der Waals surface area contributed by atoms with Gasteiger partial charge >= 0.3 is 0 Å². The second-order valence-electron chi connectivity index (χ2n) is 2.73. The third-order valence-electron chi connectivity index (χ3n) is 1.86. The molecule has 2 rings (SSSR count). The first-order valence-corrected chi connectivity index (χ1v) is 3.84. The van der Waals surface area contributed by atoms with Crippen LogP contribution >= 0.6 is 0 Å². The molecule has 3 nitrogen and oxygen atoms in total. The van der Waals surface area contributed by atoms with Gasteiger partial charge in [0.1, 0.15) is 5.75 Å². The third kappa shape index (κ3) is 1.24. The average molecular weight is 173 g/mol. The van der Waals surface area contributed by atoms with Gasteiger partial charge < -0.3 is 5.11 Å². The zero-order chi connectivity index (χ0) is 9.26. The predicted octanol–water partition coefficient (Wildman–Crippen LogP) is 1.75. The Morgan fingerprint density at radius 1 is 1.38 bits per heavy atom. The number of benzene rings is 1. The lowest BCUT2D eigenvalue weighted by Crippen LogP contribution is -1.84. The van der Waals surface area contributed by atoms with Gasteiger partial charge in [0.2, 0.25) is 0 Å². The van der Waals surface area contributed by atoms with Crippen LogP contribution in [-0.2, 0) is 0 Å². The molecule has 0 radical (unpaired) electrons. The molecule has 1 N–H and O–H groups in total. The van der Waals surface area contributed by atoms with Gasteiger partial charge in [0, 0.05) is 17.1 Å². The topological polar surface area (TPSA) is 50.2 Å². The maximum atomic E-state index is 10.4. The normalized spacial score (nSPS) is 10.2. The number of aromatic hydroxyl groups is 1. The van der Waals surface area contributed by atoms with Crippen molar-refractivity contribution in [2.75, 3.05) is 0 Å². The third-order valence-corrected chi connectivity index (χ3v) is 1.86. The summed E-state index contributed by atoms with van der Waals surface area (Å²) in [5.41, 5.74) is 1.15. The molecule has 13 heavy (non-hydrogen) atoms. The maximum Gasteiger partial charge on any atom is 0.151 e. The number of fused-ring (bicyclic) bond motifs is 1. The van der Waals surface area contributed by atoms with E-state index in [2.05, 4.69) is 4.98 Å². The predicted molar refractivity (Wildman–Crippen MR) is 48.8 cm³/mol. The van der Waals surface area contributed by atoms with Gasteiger partial charge in [0.15, 0.2) is 6.29 Å². The number of aldehydes is 1. The molecule has 64 valence electrons. The summed E-state index contributed by atoms with van der Waals surface area (Å²) in [7, 11) is 0. The molecule has 2 aromatic rings. The molecule has 0 bridgehead atoms. The highest BCUT2D eigenvalue weighted by Gasteiger charge is 2.00. The Labute approximate surface area is 74.7 Å². The van der Waals surface area contributed by atoms with E-state index in [1.165, 1.54) is 6.20 Å². The van der Waals surface area contributed by atoms with Crippen LogP contribution in [0.3, 0.4) is 0 Å². The molecule has 0 aliphatic rings. The van der Waals surface area contributed by atoms with Crippen molar-refractivity contribution in [3.05, 3.63) is 36.0 Å². The van der Waals surface area contributed by atoms with Crippen LogP contribution < -0.4 is 0 Å². The lowest BCUT2D eigenvalue weighted by molar-refractivity contribution is 0.112. The van der Waals surface area contributed by atoms with E-state index >= 15 is 0 Å². The molecule has 0 atom stereocenters. The van der Waals surface area contributed by atoms with E-state index in [4.69, 9.17) is 0 Å². The molecule has 0 saturated heterocycles. The standard InChI is InChI=1S/C10H7NO2/c12-6-7-4-8-9(11-5-7)2-1-3-10(8)13/h1-6,13H. The number of rotatable bonds is 1. The van der Waals surface area contributed by atoms with Gasteiger partial charge in [-0.25, -0.2) is 0 Å². The molecule has 0 unspecified atom stereocenters. The Hall–Kier alpha value is -1.90. The van der Waals surface area contributed by atoms with Crippen LogP contribution in [0, 0.1) is 0 Å². The molecule has 0 spiro atoms. The van der Waals surface area contributed by atoms with Crippen LogP contribution in [0.5, 0.6) is 5.75 Å². The summed E-state index contributed by atoms with van der Waals surface area (Å²) in [6.45, 7) is 0. The van der Waals surface area contributed by atoms with Crippen molar-refractivity contribution in [1.82, 2.24) is 4.98 Å². The quantitative estimate of drug-likeness (QED) is 0.668. The van der Waals surface area contributed by atoms with Crippen molar-refractivity contribution in [3.8, 4) is 5.75 Å². The Morgan fingerprint density at radius 3 is 3.00 bits per heavy atom. The van der Waals surface area contributed by atoms with Gasteiger partial charge in [0.05, 0.1) is 5.52 Å². The Bertz CT molecular complexity index is 465. The summed E-state index contributed by atoms with van der Waals surface area (Å²) < 4.78 is 0. The van der Waals surface area contributed by atoms with E-state index in [9.17, 15) is 9.90 Å². The van der Waals surface area contributed by atoms with E-state index < -0.39 is 0 Å². The summed E-state index contributed by atoms with van der Waals surface area (Å²) in [6, 6.07) is 6.68. The van der Waals surface area contributed by atoms with E-state index in [0.717, 1.165) is 0 Å². The molecule has 0 saturated carbocycles. The zero-order valence-electron chi connectivity index (χ0n) is 6.77. The van der Waals surface area contributed by atoms with Crippen LogP contribution in [0.25, 0.3) is 10.9 Å². The molecule has 0 aliphatic carbocycles. The molecular weight excluding hydrogens is 166 g/mol. The van der Waals surface area contributed by atoms with Crippen molar-refractivity contribution < 1.29 is 9.90 Å². The van der Waals surface area contributed by atoms with Gasteiger partial charge in [-0.15, -0.1) is 0 Å². The summed E-state index contributed by atoms with van der Waals surface area (Å²) >= 11 is 0. The fraction of sp³-hybridized carbons (Fsp3) is 0. The number of hydrogen-bond donors (Lipinski definition) is 1. The highest BCUT2D eigenvalue weighted by atomic mass is 16.3. The van der Waals surface area contributed by atoms with Gasteiger partial charge in [-0.05, 0) is 18.2 Å². The van der Waals surface area contributed by atoms with E-state index in [1.54, 1.807) is 24.3 Å². The fourth-order valence-electron chi connectivity index (χ4n) is 1.21. The second kappa shape index (κ2) is 2.86. The lowest BCUT2D eigenvalue weighted by Gasteiger charge is -1.99. The van der Waals surface area contributed by atoms with Crippen molar-refractivity contribution in [2.45, 2.75) is 0 Å².